The number of methoxy groups -OCH3 is 1. The zero-order chi connectivity index (χ0) is 10.0. The van der Waals surface area contributed by atoms with E-state index >= 15 is 0 Å². The first-order valence-electron chi connectivity index (χ1n) is 3.70. The van der Waals surface area contributed by atoms with Gasteiger partial charge >= 0.3 is 0 Å². The number of carbonyl (C=O) groups is 1. The molecule has 0 heterocycles. The van der Waals surface area contributed by atoms with Crippen molar-refractivity contribution in [3.63, 3.8) is 0 Å². The molecule has 1 aromatic carbocycles. The van der Waals surface area contributed by atoms with Gasteiger partial charge in [-0.3, -0.25) is 4.79 Å². The summed E-state index contributed by atoms with van der Waals surface area (Å²) in [6.07, 6.45) is 0. The summed E-state index contributed by atoms with van der Waals surface area (Å²) in [5.74, 6) is -0.861. The van der Waals surface area contributed by atoms with Crippen LogP contribution in [0.15, 0.2) is 12.1 Å². The maximum atomic E-state index is 12.8. The largest absolute Gasteiger partial charge is 0.496 e. The number of nitrogens with two attached hydrogens (primary N) is 1. The van der Waals surface area contributed by atoms with Crippen molar-refractivity contribution in [3.05, 3.63) is 29.1 Å². The highest BCUT2D eigenvalue weighted by atomic mass is 19.1. The third-order valence-electron chi connectivity index (χ3n) is 1.71. The van der Waals surface area contributed by atoms with E-state index in [0.717, 1.165) is 6.07 Å². The van der Waals surface area contributed by atoms with Gasteiger partial charge in [0.1, 0.15) is 11.6 Å². The number of aryl methyl sites for hydroxylation is 1. The molecular formula is C9H10FNO2. The topological polar surface area (TPSA) is 52.3 Å². The number of amides is 1. The van der Waals surface area contributed by atoms with Crippen molar-refractivity contribution in [1.29, 1.82) is 0 Å². The minimum absolute atomic E-state index is 0.0694. The summed E-state index contributed by atoms with van der Waals surface area (Å²) < 4.78 is 17.8. The molecule has 0 aromatic heterocycles. The second-order valence-electron chi connectivity index (χ2n) is 2.67. The van der Waals surface area contributed by atoms with Gasteiger partial charge in [0.05, 0.1) is 12.7 Å². The van der Waals surface area contributed by atoms with Crippen molar-refractivity contribution in [3.8, 4) is 5.75 Å². The average molecular weight is 183 g/mol. The van der Waals surface area contributed by atoms with E-state index in [1.807, 2.05) is 0 Å². The number of halogens is 1. The van der Waals surface area contributed by atoms with Crippen molar-refractivity contribution >= 4 is 5.91 Å². The maximum Gasteiger partial charge on any atom is 0.252 e. The first-order chi connectivity index (χ1) is 6.06. The van der Waals surface area contributed by atoms with Crippen LogP contribution in [0.25, 0.3) is 0 Å². The van der Waals surface area contributed by atoms with Crippen LogP contribution < -0.4 is 10.5 Å². The third-order valence-corrected chi connectivity index (χ3v) is 1.71. The monoisotopic (exact) mass is 183 g/mol. The van der Waals surface area contributed by atoms with E-state index < -0.39 is 11.7 Å². The van der Waals surface area contributed by atoms with Crippen LogP contribution in [-0.2, 0) is 0 Å². The minimum Gasteiger partial charge on any atom is -0.496 e. The van der Waals surface area contributed by atoms with E-state index in [1.165, 1.54) is 13.2 Å². The van der Waals surface area contributed by atoms with Crippen LogP contribution >= 0.6 is 0 Å². The molecule has 0 aliphatic carbocycles. The van der Waals surface area contributed by atoms with Gasteiger partial charge in [0, 0.05) is 0 Å². The van der Waals surface area contributed by atoms with Gasteiger partial charge < -0.3 is 10.5 Å². The summed E-state index contributed by atoms with van der Waals surface area (Å²) in [4.78, 5) is 10.9. The number of hydrogen-bond acceptors (Lipinski definition) is 2. The zero-order valence-electron chi connectivity index (χ0n) is 7.43. The lowest BCUT2D eigenvalue weighted by Crippen LogP contribution is -2.13. The van der Waals surface area contributed by atoms with Crippen LogP contribution in [0.5, 0.6) is 5.75 Å². The Labute approximate surface area is 75.3 Å². The highest BCUT2D eigenvalue weighted by Gasteiger charge is 2.12. The van der Waals surface area contributed by atoms with Crippen LogP contribution in [0, 0.1) is 12.7 Å². The van der Waals surface area contributed by atoms with Gasteiger partial charge in [-0.1, -0.05) is 0 Å². The fourth-order valence-electron chi connectivity index (χ4n) is 1.18. The van der Waals surface area contributed by atoms with Crippen LogP contribution in [-0.4, -0.2) is 13.0 Å². The van der Waals surface area contributed by atoms with Crippen molar-refractivity contribution in [2.24, 2.45) is 5.73 Å². The molecule has 1 aromatic rings. The first kappa shape index (κ1) is 9.51. The smallest absolute Gasteiger partial charge is 0.252 e. The number of carbonyl (C=O) groups excluding carboxylic acids is 1. The van der Waals surface area contributed by atoms with Crippen molar-refractivity contribution in [2.45, 2.75) is 6.92 Å². The zero-order valence-corrected chi connectivity index (χ0v) is 7.43. The summed E-state index contributed by atoms with van der Waals surface area (Å²) in [5, 5.41) is 0. The Bertz CT molecular complexity index is 350. The van der Waals surface area contributed by atoms with E-state index in [1.54, 1.807) is 6.92 Å². The molecule has 0 spiro atoms. The lowest BCUT2D eigenvalue weighted by molar-refractivity contribution is 0.0996. The molecule has 0 unspecified atom stereocenters. The van der Waals surface area contributed by atoms with Crippen LogP contribution in [0.3, 0.4) is 0 Å². The molecule has 0 aliphatic heterocycles. The van der Waals surface area contributed by atoms with Gasteiger partial charge in [0.2, 0.25) is 0 Å². The molecule has 1 rings (SSSR count). The highest BCUT2D eigenvalue weighted by Crippen LogP contribution is 2.23. The van der Waals surface area contributed by atoms with Gasteiger partial charge in [-0.05, 0) is 24.6 Å². The second kappa shape index (κ2) is 3.43. The molecule has 0 saturated heterocycles. The molecular weight excluding hydrogens is 173 g/mol. The lowest BCUT2D eigenvalue weighted by Gasteiger charge is -2.08. The third kappa shape index (κ3) is 1.77. The summed E-state index contributed by atoms with van der Waals surface area (Å²) in [7, 11) is 1.41. The van der Waals surface area contributed by atoms with Crippen molar-refractivity contribution in [1.82, 2.24) is 0 Å². The quantitative estimate of drug-likeness (QED) is 0.750. The maximum absolute atomic E-state index is 12.8. The molecule has 70 valence electrons. The number of rotatable bonds is 2. The molecule has 0 aliphatic rings. The van der Waals surface area contributed by atoms with Crippen molar-refractivity contribution < 1.29 is 13.9 Å². The van der Waals surface area contributed by atoms with E-state index in [0.29, 0.717) is 11.3 Å². The summed E-state index contributed by atoms with van der Waals surface area (Å²) in [6.45, 7) is 1.65. The van der Waals surface area contributed by atoms with Gasteiger partial charge in [-0.25, -0.2) is 4.39 Å². The molecule has 4 heteroatoms. The Balaban J connectivity index is 3.38. The molecule has 2 N–H and O–H groups in total. The van der Waals surface area contributed by atoms with Gasteiger partial charge in [0.15, 0.2) is 0 Å². The van der Waals surface area contributed by atoms with Gasteiger partial charge in [-0.2, -0.15) is 0 Å². The molecule has 3 nitrogen and oxygen atoms in total. The van der Waals surface area contributed by atoms with E-state index in [9.17, 15) is 9.18 Å². The van der Waals surface area contributed by atoms with Crippen molar-refractivity contribution in [2.75, 3.05) is 7.11 Å². The molecule has 0 radical (unpaired) electrons. The Kier molecular flexibility index (Phi) is 2.51. The second-order valence-corrected chi connectivity index (χ2v) is 2.67. The van der Waals surface area contributed by atoms with Gasteiger partial charge in [-0.15, -0.1) is 0 Å². The average Bonchev–Trinajstić information content (AvgIpc) is 2.02. The standard InChI is InChI=1S/C9H10FNO2/c1-5-3-6(10)4-7(9(11)12)8(5)13-2/h3-4H,1-2H3,(H2,11,12). The normalized spacial score (nSPS) is 9.77. The van der Waals surface area contributed by atoms with E-state index in [4.69, 9.17) is 10.5 Å². The highest BCUT2D eigenvalue weighted by molar-refractivity contribution is 5.96. The van der Waals surface area contributed by atoms with E-state index in [-0.39, 0.29) is 5.56 Å². The Morgan fingerprint density at radius 1 is 1.54 bits per heavy atom. The number of ether oxygens (including phenoxy) is 1. The van der Waals surface area contributed by atoms with Gasteiger partial charge in [0.25, 0.3) is 5.91 Å². The molecule has 0 fully saturated rings. The fraction of sp³-hybridized carbons (Fsp3) is 0.222. The molecule has 0 atom stereocenters. The summed E-state index contributed by atoms with van der Waals surface area (Å²) in [5.41, 5.74) is 5.66. The van der Waals surface area contributed by atoms with Crippen LogP contribution in [0.4, 0.5) is 4.39 Å². The predicted molar refractivity (Wildman–Crippen MR) is 46.2 cm³/mol. The molecule has 0 bridgehead atoms. The van der Waals surface area contributed by atoms with E-state index in [2.05, 4.69) is 0 Å². The number of primary amides is 1. The Morgan fingerprint density at radius 3 is 2.62 bits per heavy atom. The Hall–Kier alpha value is -1.58. The molecule has 0 saturated carbocycles. The first-order valence-corrected chi connectivity index (χ1v) is 3.70. The minimum atomic E-state index is -0.695. The summed E-state index contributed by atoms with van der Waals surface area (Å²) in [6, 6.07) is 2.35. The molecule has 13 heavy (non-hydrogen) atoms. The molecule has 1 amide bonds. The van der Waals surface area contributed by atoms with Crippen LogP contribution in [0.1, 0.15) is 15.9 Å². The van der Waals surface area contributed by atoms with Crippen LogP contribution in [0.2, 0.25) is 0 Å². The SMILES string of the molecule is COc1c(C)cc(F)cc1C(N)=O. The lowest BCUT2D eigenvalue weighted by atomic mass is 10.1. The predicted octanol–water partition coefficient (Wildman–Crippen LogP) is 1.24. The summed E-state index contributed by atoms with van der Waals surface area (Å²) >= 11 is 0. The number of hydrogen-bond donors (Lipinski definition) is 1. The number of benzene rings is 1. The fourth-order valence-corrected chi connectivity index (χ4v) is 1.18. The Morgan fingerprint density at radius 2 is 2.15 bits per heavy atom.